The molecular weight excluding hydrogens is 310 g/mol. The minimum absolute atomic E-state index is 0.225. The van der Waals surface area contributed by atoms with Gasteiger partial charge >= 0.3 is 5.97 Å². The molecule has 0 saturated carbocycles. The average Bonchev–Trinajstić information content (AvgIpc) is 3.03. The lowest BCUT2D eigenvalue weighted by molar-refractivity contribution is -0.163. The molecular formula is C17H25N3O2S. The van der Waals surface area contributed by atoms with Crippen molar-refractivity contribution in [3.05, 3.63) is 16.6 Å². The highest BCUT2D eigenvalue weighted by molar-refractivity contribution is 7.07. The molecule has 2 rings (SSSR count). The summed E-state index contributed by atoms with van der Waals surface area (Å²) in [7, 11) is 0. The molecule has 0 radical (unpaired) electrons. The van der Waals surface area contributed by atoms with Gasteiger partial charge in [-0.2, -0.15) is 5.26 Å². The number of aromatic nitrogens is 1. The number of thiazole rings is 1. The topological polar surface area (TPSA) is 75.0 Å². The third kappa shape index (κ3) is 4.10. The molecule has 1 saturated heterocycles. The summed E-state index contributed by atoms with van der Waals surface area (Å²) >= 11 is 1.49. The molecule has 1 N–H and O–H groups in total. The number of carbonyl (C=O) groups excluding carboxylic acids is 1. The monoisotopic (exact) mass is 335 g/mol. The van der Waals surface area contributed by atoms with Gasteiger partial charge in [0, 0.05) is 5.38 Å². The predicted molar refractivity (Wildman–Crippen MR) is 89.7 cm³/mol. The van der Waals surface area contributed by atoms with Gasteiger partial charge < -0.3 is 4.74 Å². The molecule has 23 heavy (non-hydrogen) atoms. The van der Waals surface area contributed by atoms with E-state index in [1.807, 2.05) is 26.2 Å². The SMILES string of the molecule is CC(C)C[C@@]1(C(=O)OC(C)(C)C)C[C@@H](C#N)[C@H](c2cscn2)N1. The van der Waals surface area contributed by atoms with Crippen molar-refractivity contribution >= 4 is 17.3 Å². The molecule has 3 atom stereocenters. The Morgan fingerprint density at radius 1 is 1.61 bits per heavy atom. The van der Waals surface area contributed by atoms with Crippen LogP contribution in [-0.2, 0) is 9.53 Å². The third-order valence-electron chi connectivity index (χ3n) is 3.88. The molecule has 2 heterocycles. The van der Waals surface area contributed by atoms with Gasteiger partial charge in [-0.05, 0) is 39.5 Å². The molecule has 0 unspecified atom stereocenters. The van der Waals surface area contributed by atoms with E-state index >= 15 is 0 Å². The highest BCUT2D eigenvalue weighted by atomic mass is 32.1. The maximum absolute atomic E-state index is 12.9. The Kier molecular flexibility index (Phi) is 5.12. The standard InChI is InChI=1S/C17H25N3O2S/c1-11(2)6-17(15(21)22-16(3,4)5)7-12(8-18)14(20-17)13-9-23-10-19-13/h9-12,14,20H,6-7H2,1-5H3/t12-,14+,17-/m0/s1. The first-order chi connectivity index (χ1) is 10.7. The number of hydrogen-bond acceptors (Lipinski definition) is 6. The van der Waals surface area contributed by atoms with Crippen LogP contribution in [0, 0.1) is 23.2 Å². The molecule has 1 aliphatic rings. The maximum Gasteiger partial charge on any atom is 0.326 e. The molecule has 1 aromatic rings. The maximum atomic E-state index is 12.9. The van der Waals surface area contributed by atoms with Gasteiger partial charge in [-0.1, -0.05) is 13.8 Å². The summed E-state index contributed by atoms with van der Waals surface area (Å²) in [5.41, 5.74) is 1.21. The number of nitrogens with zero attached hydrogens (tertiary/aromatic N) is 2. The predicted octanol–water partition coefficient (Wildman–Crippen LogP) is 3.44. The van der Waals surface area contributed by atoms with E-state index < -0.39 is 11.1 Å². The number of esters is 1. The Morgan fingerprint density at radius 2 is 2.30 bits per heavy atom. The molecule has 0 bridgehead atoms. The number of rotatable bonds is 4. The largest absolute Gasteiger partial charge is 0.459 e. The number of carbonyl (C=O) groups is 1. The molecule has 0 aromatic carbocycles. The van der Waals surface area contributed by atoms with E-state index in [4.69, 9.17) is 4.74 Å². The summed E-state index contributed by atoms with van der Waals surface area (Å²) < 4.78 is 5.66. The molecule has 1 aromatic heterocycles. The highest BCUT2D eigenvalue weighted by Gasteiger charge is 2.52. The van der Waals surface area contributed by atoms with Crippen molar-refractivity contribution in [3.8, 4) is 6.07 Å². The average molecular weight is 335 g/mol. The fraction of sp³-hybridized carbons (Fsp3) is 0.706. The van der Waals surface area contributed by atoms with Crippen molar-refractivity contribution in [2.75, 3.05) is 0 Å². The van der Waals surface area contributed by atoms with E-state index in [2.05, 4.69) is 30.2 Å². The first kappa shape index (κ1) is 17.9. The normalized spacial score (nSPS) is 27.9. The number of nitriles is 1. The van der Waals surface area contributed by atoms with Gasteiger partial charge in [-0.3, -0.25) is 10.1 Å². The van der Waals surface area contributed by atoms with E-state index in [9.17, 15) is 10.1 Å². The van der Waals surface area contributed by atoms with Gasteiger partial charge in [0.15, 0.2) is 0 Å². The first-order valence-corrected chi connectivity index (χ1v) is 8.90. The first-order valence-electron chi connectivity index (χ1n) is 7.96. The van der Waals surface area contributed by atoms with Gasteiger partial charge in [0.2, 0.25) is 0 Å². The lowest BCUT2D eigenvalue weighted by Gasteiger charge is -2.33. The van der Waals surface area contributed by atoms with Crippen LogP contribution in [0.1, 0.15) is 59.2 Å². The summed E-state index contributed by atoms with van der Waals surface area (Å²) in [6, 6.07) is 2.12. The lowest BCUT2D eigenvalue weighted by Crippen LogP contribution is -2.52. The summed E-state index contributed by atoms with van der Waals surface area (Å²) in [6.07, 6.45) is 1.10. The van der Waals surface area contributed by atoms with Crippen LogP contribution in [0.15, 0.2) is 10.9 Å². The van der Waals surface area contributed by atoms with Gasteiger partial charge in [-0.25, -0.2) is 4.98 Å². The van der Waals surface area contributed by atoms with E-state index in [1.165, 1.54) is 11.3 Å². The van der Waals surface area contributed by atoms with E-state index in [0.717, 1.165) is 5.69 Å². The van der Waals surface area contributed by atoms with Crippen molar-refractivity contribution in [1.29, 1.82) is 5.26 Å². The summed E-state index contributed by atoms with van der Waals surface area (Å²) in [6.45, 7) is 9.74. The Hall–Kier alpha value is -1.45. The van der Waals surface area contributed by atoms with Crippen LogP contribution >= 0.6 is 11.3 Å². The van der Waals surface area contributed by atoms with Crippen molar-refractivity contribution in [2.45, 2.75) is 64.6 Å². The van der Waals surface area contributed by atoms with Crippen molar-refractivity contribution in [2.24, 2.45) is 11.8 Å². The zero-order valence-electron chi connectivity index (χ0n) is 14.4. The molecule has 1 aliphatic heterocycles. The Morgan fingerprint density at radius 3 is 2.78 bits per heavy atom. The van der Waals surface area contributed by atoms with Crippen LogP contribution < -0.4 is 5.32 Å². The molecule has 1 fully saturated rings. The number of hydrogen-bond donors (Lipinski definition) is 1. The molecule has 0 aliphatic carbocycles. The van der Waals surface area contributed by atoms with Crippen LogP contribution in [0.5, 0.6) is 0 Å². The second-order valence-electron chi connectivity index (χ2n) is 7.66. The zero-order chi connectivity index (χ0) is 17.3. The molecule has 0 amide bonds. The van der Waals surface area contributed by atoms with E-state index in [0.29, 0.717) is 18.8 Å². The fourth-order valence-electron chi connectivity index (χ4n) is 3.17. The Bertz CT molecular complexity index is 586. The van der Waals surface area contributed by atoms with Gasteiger partial charge in [0.05, 0.1) is 29.2 Å². The van der Waals surface area contributed by atoms with Gasteiger partial charge in [0.1, 0.15) is 11.1 Å². The van der Waals surface area contributed by atoms with Crippen molar-refractivity contribution in [1.82, 2.24) is 10.3 Å². The van der Waals surface area contributed by atoms with Crippen LogP contribution in [0.4, 0.5) is 0 Å². The van der Waals surface area contributed by atoms with E-state index in [1.54, 1.807) is 5.51 Å². The van der Waals surface area contributed by atoms with Crippen LogP contribution in [0.3, 0.4) is 0 Å². The van der Waals surface area contributed by atoms with Crippen LogP contribution in [0.25, 0.3) is 0 Å². The van der Waals surface area contributed by atoms with E-state index in [-0.39, 0.29) is 17.9 Å². The van der Waals surface area contributed by atoms with Crippen LogP contribution in [0.2, 0.25) is 0 Å². The second kappa shape index (κ2) is 6.58. The fourth-order valence-corrected chi connectivity index (χ4v) is 3.76. The highest BCUT2D eigenvalue weighted by Crippen LogP contribution is 2.42. The lowest BCUT2D eigenvalue weighted by atomic mass is 9.84. The molecule has 126 valence electrons. The zero-order valence-corrected chi connectivity index (χ0v) is 15.2. The number of nitrogens with one attached hydrogen (secondary N) is 1. The van der Waals surface area contributed by atoms with Crippen molar-refractivity contribution in [3.63, 3.8) is 0 Å². The quantitative estimate of drug-likeness (QED) is 0.853. The molecule has 0 spiro atoms. The van der Waals surface area contributed by atoms with Gasteiger partial charge in [0.25, 0.3) is 0 Å². The summed E-state index contributed by atoms with van der Waals surface area (Å²) in [5, 5.41) is 14.9. The van der Waals surface area contributed by atoms with Gasteiger partial charge in [-0.15, -0.1) is 11.3 Å². The Balaban J connectivity index is 2.32. The minimum Gasteiger partial charge on any atom is -0.459 e. The van der Waals surface area contributed by atoms with Crippen LogP contribution in [-0.4, -0.2) is 22.1 Å². The third-order valence-corrected chi connectivity index (χ3v) is 4.49. The Labute approximate surface area is 142 Å². The minimum atomic E-state index is -0.823. The summed E-state index contributed by atoms with van der Waals surface area (Å²) in [5.74, 6) is -0.247. The smallest absolute Gasteiger partial charge is 0.326 e. The summed E-state index contributed by atoms with van der Waals surface area (Å²) in [4.78, 5) is 17.2. The second-order valence-corrected chi connectivity index (χ2v) is 8.38. The molecule has 5 nitrogen and oxygen atoms in total. The number of ether oxygens (including phenoxy) is 1. The molecule has 6 heteroatoms. The van der Waals surface area contributed by atoms with Crippen molar-refractivity contribution < 1.29 is 9.53 Å².